The predicted octanol–water partition coefficient (Wildman–Crippen LogP) is 1.60. The highest BCUT2D eigenvalue weighted by atomic mass is 16.1. The number of carbonyl (C=O) groups is 1. The van der Waals surface area contributed by atoms with Crippen LogP contribution in [0.15, 0.2) is 23.9 Å². The van der Waals surface area contributed by atoms with Gasteiger partial charge in [-0.3, -0.25) is 4.79 Å². The molecule has 0 aliphatic heterocycles. The van der Waals surface area contributed by atoms with Gasteiger partial charge in [0.05, 0.1) is 0 Å². The Morgan fingerprint density at radius 3 is 2.40 bits per heavy atom. The molecule has 0 spiro atoms. The molecule has 0 rings (SSSR count). The molecule has 0 aromatic carbocycles. The minimum absolute atomic E-state index is 0.0294. The lowest BCUT2D eigenvalue weighted by atomic mass is 10.4. The average Bonchev–Trinajstić information content (AvgIpc) is 1.82. The van der Waals surface area contributed by atoms with Gasteiger partial charge in [0.2, 0.25) is 5.91 Å². The van der Waals surface area contributed by atoms with Gasteiger partial charge in [0, 0.05) is 12.6 Å². The Bertz CT molecular complexity index is 168. The monoisotopic (exact) mass is 139 g/mol. The van der Waals surface area contributed by atoms with Crippen LogP contribution in [0.25, 0.3) is 0 Å². The number of carbonyl (C=O) groups excluding carboxylic acids is 1. The molecule has 0 unspecified atom stereocenters. The van der Waals surface area contributed by atoms with Gasteiger partial charge in [-0.1, -0.05) is 12.2 Å². The molecule has 1 amide bonds. The molecule has 0 heterocycles. The molecule has 0 radical (unpaired) electrons. The van der Waals surface area contributed by atoms with Crippen molar-refractivity contribution in [3.8, 4) is 0 Å². The number of allylic oxidation sites excluding steroid dienone is 4. The van der Waals surface area contributed by atoms with E-state index in [0.717, 1.165) is 5.70 Å². The van der Waals surface area contributed by atoms with Crippen LogP contribution in [0.3, 0.4) is 0 Å². The van der Waals surface area contributed by atoms with Crippen molar-refractivity contribution in [3.63, 3.8) is 0 Å². The van der Waals surface area contributed by atoms with Crippen LogP contribution in [-0.2, 0) is 4.79 Å². The van der Waals surface area contributed by atoms with E-state index in [9.17, 15) is 4.79 Å². The summed E-state index contributed by atoms with van der Waals surface area (Å²) in [7, 11) is 0. The van der Waals surface area contributed by atoms with Crippen molar-refractivity contribution < 1.29 is 4.79 Å². The van der Waals surface area contributed by atoms with E-state index in [1.165, 1.54) is 6.92 Å². The topological polar surface area (TPSA) is 29.1 Å². The Morgan fingerprint density at radius 1 is 1.40 bits per heavy atom. The van der Waals surface area contributed by atoms with Gasteiger partial charge in [0.25, 0.3) is 0 Å². The Kier molecular flexibility index (Phi) is 4.29. The Morgan fingerprint density at radius 2 is 2.00 bits per heavy atom. The van der Waals surface area contributed by atoms with Crippen molar-refractivity contribution in [2.75, 3.05) is 0 Å². The number of hydrogen-bond acceptors (Lipinski definition) is 1. The first-order valence-electron chi connectivity index (χ1n) is 3.24. The van der Waals surface area contributed by atoms with Gasteiger partial charge in [-0.15, -0.1) is 0 Å². The molecule has 0 saturated heterocycles. The highest BCUT2D eigenvalue weighted by molar-refractivity contribution is 5.74. The Balaban J connectivity index is 3.82. The van der Waals surface area contributed by atoms with Gasteiger partial charge in [0.1, 0.15) is 0 Å². The lowest BCUT2D eigenvalue weighted by Crippen LogP contribution is -2.16. The van der Waals surface area contributed by atoms with Crippen molar-refractivity contribution in [1.29, 1.82) is 0 Å². The highest BCUT2D eigenvalue weighted by Gasteiger charge is 1.88. The van der Waals surface area contributed by atoms with Crippen molar-refractivity contribution >= 4 is 5.91 Å². The van der Waals surface area contributed by atoms with Gasteiger partial charge >= 0.3 is 0 Å². The maximum Gasteiger partial charge on any atom is 0.220 e. The van der Waals surface area contributed by atoms with Crippen LogP contribution < -0.4 is 5.32 Å². The van der Waals surface area contributed by atoms with E-state index in [2.05, 4.69) is 5.32 Å². The Hall–Kier alpha value is -1.05. The Labute approximate surface area is 61.6 Å². The SMILES string of the molecule is C/C=C\C=C(/C)NC(C)=O. The minimum atomic E-state index is -0.0294. The summed E-state index contributed by atoms with van der Waals surface area (Å²) in [4.78, 5) is 10.4. The lowest BCUT2D eigenvalue weighted by Gasteiger charge is -1.97. The zero-order valence-corrected chi connectivity index (χ0v) is 6.64. The number of hydrogen-bond donors (Lipinski definition) is 1. The van der Waals surface area contributed by atoms with Crippen molar-refractivity contribution in [2.45, 2.75) is 20.8 Å². The molecule has 0 bridgehead atoms. The molecule has 0 fully saturated rings. The summed E-state index contributed by atoms with van der Waals surface area (Å²) in [6, 6.07) is 0. The van der Waals surface area contributed by atoms with E-state index >= 15 is 0 Å². The van der Waals surface area contributed by atoms with Gasteiger partial charge in [-0.2, -0.15) is 0 Å². The standard InChI is InChI=1S/C8H13NO/c1-4-5-6-7(2)9-8(3)10/h4-6H,1-3H3,(H,9,10)/b5-4-,7-6+. The fraction of sp³-hybridized carbons (Fsp3) is 0.375. The second kappa shape index (κ2) is 4.79. The molecule has 56 valence electrons. The number of nitrogens with one attached hydrogen (secondary N) is 1. The summed E-state index contributed by atoms with van der Waals surface area (Å²) < 4.78 is 0. The summed E-state index contributed by atoms with van der Waals surface area (Å²) >= 11 is 0. The van der Waals surface area contributed by atoms with Crippen molar-refractivity contribution in [2.24, 2.45) is 0 Å². The maximum absolute atomic E-state index is 10.4. The highest BCUT2D eigenvalue weighted by Crippen LogP contribution is 1.86. The molecule has 0 aliphatic carbocycles. The quantitative estimate of drug-likeness (QED) is 0.578. The van der Waals surface area contributed by atoms with E-state index < -0.39 is 0 Å². The zero-order chi connectivity index (χ0) is 7.98. The molecule has 1 N–H and O–H groups in total. The largest absolute Gasteiger partial charge is 0.330 e. The first-order chi connectivity index (χ1) is 4.66. The van der Waals surface area contributed by atoms with Crippen molar-refractivity contribution in [3.05, 3.63) is 23.9 Å². The van der Waals surface area contributed by atoms with Crippen LogP contribution in [0.2, 0.25) is 0 Å². The van der Waals surface area contributed by atoms with E-state index in [0.29, 0.717) is 0 Å². The van der Waals surface area contributed by atoms with Crippen LogP contribution in [0.4, 0.5) is 0 Å². The molecule has 0 aromatic rings. The number of rotatable bonds is 2. The number of amides is 1. The first-order valence-corrected chi connectivity index (χ1v) is 3.24. The zero-order valence-electron chi connectivity index (χ0n) is 6.64. The third-order valence-electron chi connectivity index (χ3n) is 0.912. The minimum Gasteiger partial charge on any atom is -0.330 e. The summed E-state index contributed by atoms with van der Waals surface area (Å²) in [5.41, 5.74) is 0.866. The lowest BCUT2D eigenvalue weighted by molar-refractivity contribution is -0.118. The predicted molar refractivity (Wildman–Crippen MR) is 42.4 cm³/mol. The third kappa shape index (κ3) is 5.09. The van der Waals surface area contributed by atoms with E-state index in [1.54, 1.807) is 0 Å². The summed E-state index contributed by atoms with van der Waals surface area (Å²) in [5.74, 6) is -0.0294. The molecule has 0 aromatic heterocycles. The summed E-state index contributed by atoms with van der Waals surface area (Å²) in [6.07, 6.45) is 5.64. The van der Waals surface area contributed by atoms with Crippen LogP contribution >= 0.6 is 0 Å². The second-order valence-corrected chi connectivity index (χ2v) is 2.06. The molecule has 2 heteroatoms. The third-order valence-corrected chi connectivity index (χ3v) is 0.912. The normalized spacial score (nSPS) is 12.1. The van der Waals surface area contributed by atoms with E-state index in [-0.39, 0.29) is 5.91 Å². The maximum atomic E-state index is 10.4. The van der Waals surface area contributed by atoms with Crippen LogP contribution in [-0.4, -0.2) is 5.91 Å². The van der Waals surface area contributed by atoms with Gasteiger partial charge in [0.15, 0.2) is 0 Å². The second-order valence-electron chi connectivity index (χ2n) is 2.06. The summed E-state index contributed by atoms with van der Waals surface area (Å²) in [5, 5.41) is 2.65. The molecular formula is C8H13NO. The molecule has 0 aliphatic rings. The van der Waals surface area contributed by atoms with Crippen LogP contribution in [0.5, 0.6) is 0 Å². The molecule has 0 atom stereocenters. The molecule has 10 heavy (non-hydrogen) atoms. The molecular weight excluding hydrogens is 126 g/mol. The molecule has 0 saturated carbocycles. The van der Waals surface area contributed by atoms with Gasteiger partial charge in [-0.25, -0.2) is 0 Å². The van der Waals surface area contributed by atoms with Gasteiger partial charge < -0.3 is 5.32 Å². The fourth-order valence-electron chi connectivity index (χ4n) is 0.560. The van der Waals surface area contributed by atoms with E-state index in [1.807, 2.05) is 32.1 Å². The average molecular weight is 139 g/mol. The summed E-state index contributed by atoms with van der Waals surface area (Å²) in [6.45, 7) is 5.27. The van der Waals surface area contributed by atoms with E-state index in [4.69, 9.17) is 0 Å². The fourth-order valence-corrected chi connectivity index (χ4v) is 0.560. The molecule has 2 nitrogen and oxygen atoms in total. The van der Waals surface area contributed by atoms with Crippen molar-refractivity contribution in [1.82, 2.24) is 5.32 Å². The first kappa shape index (κ1) is 8.95. The smallest absolute Gasteiger partial charge is 0.220 e. The van der Waals surface area contributed by atoms with Crippen LogP contribution in [0, 0.1) is 0 Å². The van der Waals surface area contributed by atoms with Crippen LogP contribution in [0.1, 0.15) is 20.8 Å². The van der Waals surface area contributed by atoms with Gasteiger partial charge in [-0.05, 0) is 19.9 Å².